The number of phenolic OH excluding ortho intramolecular Hbond substituents is 1. The van der Waals surface area contributed by atoms with E-state index >= 15 is 0 Å². The van der Waals surface area contributed by atoms with Crippen molar-refractivity contribution in [3.05, 3.63) is 53.3 Å². The molecule has 0 spiro atoms. The lowest BCUT2D eigenvalue weighted by Gasteiger charge is -2.07. The van der Waals surface area contributed by atoms with E-state index in [9.17, 15) is 14.3 Å². The molecule has 0 atom stereocenters. The van der Waals surface area contributed by atoms with Gasteiger partial charge in [0, 0.05) is 5.56 Å². The van der Waals surface area contributed by atoms with Gasteiger partial charge in [-0.3, -0.25) is 0 Å². The van der Waals surface area contributed by atoms with Crippen LogP contribution in [-0.2, 0) is 0 Å². The number of hydrogen-bond donors (Lipinski definition) is 2. The Bertz CT molecular complexity index is 620. The Balaban J connectivity index is 2.58. The standard InChI is InChI=1S/C14H11FO3/c1-8-2-3-9(7-13(8)16)11-6-10(14(17)18)4-5-12(11)15/h2-7,16H,1H3,(H,17,18). The number of hydrogen-bond acceptors (Lipinski definition) is 2. The number of carboxylic acids is 1. The van der Waals surface area contributed by atoms with E-state index in [4.69, 9.17) is 5.11 Å². The average molecular weight is 246 g/mol. The van der Waals surface area contributed by atoms with Crippen molar-refractivity contribution in [2.45, 2.75) is 6.92 Å². The number of aryl methyl sites for hydroxylation is 1. The molecular weight excluding hydrogens is 235 g/mol. The smallest absolute Gasteiger partial charge is 0.335 e. The Morgan fingerprint density at radius 3 is 2.50 bits per heavy atom. The normalized spacial score (nSPS) is 10.3. The van der Waals surface area contributed by atoms with E-state index in [1.807, 2.05) is 0 Å². The fourth-order valence-corrected chi connectivity index (χ4v) is 1.66. The van der Waals surface area contributed by atoms with Gasteiger partial charge in [0.2, 0.25) is 0 Å². The molecule has 0 radical (unpaired) electrons. The van der Waals surface area contributed by atoms with Crippen LogP contribution in [0.15, 0.2) is 36.4 Å². The summed E-state index contributed by atoms with van der Waals surface area (Å²) in [5, 5.41) is 18.5. The van der Waals surface area contributed by atoms with Crippen LogP contribution < -0.4 is 0 Å². The van der Waals surface area contributed by atoms with Crippen LogP contribution in [0.4, 0.5) is 4.39 Å². The quantitative estimate of drug-likeness (QED) is 0.855. The lowest BCUT2D eigenvalue weighted by Crippen LogP contribution is -1.97. The van der Waals surface area contributed by atoms with E-state index in [1.54, 1.807) is 19.1 Å². The van der Waals surface area contributed by atoms with Crippen LogP contribution in [0.25, 0.3) is 11.1 Å². The van der Waals surface area contributed by atoms with Crippen LogP contribution in [0.3, 0.4) is 0 Å². The van der Waals surface area contributed by atoms with E-state index < -0.39 is 11.8 Å². The topological polar surface area (TPSA) is 57.5 Å². The summed E-state index contributed by atoms with van der Waals surface area (Å²) in [7, 11) is 0. The molecule has 0 saturated carbocycles. The number of aromatic hydroxyl groups is 1. The van der Waals surface area contributed by atoms with Crippen LogP contribution in [-0.4, -0.2) is 16.2 Å². The van der Waals surface area contributed by atoms with Crippen molar-refractivity contribution in [2.24, 2.45) is 0 Å². The van der Waals surface area contributed by atoms with Crippen molar-refractivity contribution in [3.63, 3.8) is 0 Å². The average Bonchev–Trinajstić information content (AvgIpc) is 2.33. The summed E-state index contributed by atoms with van der Waals surface area (Å²) < 4.78 is 13.7. The molecule has 0 unspecified atom stereocenters. The molecule has 0 amide bonds. The van der Waals surface area contributed by atoms with Crippen LogP contribution in [0, 0.1) is 12.7 Å². The molecule has 0 heterocycles. The second-order valence-corrected chi connectivity index (χ2v) is 4.00. The van der Waals surface area contributed by atoms with Crippen molar-refractivity contribution in [1.82, 2.24) is 0 Å². The molecule has 0 fully saturated rings. The minimum atomic E-state index is -1.12. The molecule has 2 aromatic rings. The monoisotopic (exact) mass is 246 g/mol. The summed E-state index contributed by atoms with van der Waals surface area (Å²) in [5.74, 6) is -1.59. The summed E-state index contributed by atoms with van der Waals surface area (Å²) in [6.45, 7) is 1.73. The first kappa shape index (κ1) is 12.1. The molecule has 18 heavy (non-hydrogen) atoms. The van der Waals surface area contributed by atoms with Crippen molar-refractivity contribution in [2.75, 3.05) is 0 Å². The van der Waals surface area contributed by atoms with Gasteiger partial charge >= 0.3 is 5.97 Å². The maximum absolute atomic E-state index is 13.7. The van der Waals surface area contributed by atoms with Crippen molar-refractivity contribution >= 4 is 5.97 Å². The fourth-order valence-electron chi connectivity index (χ4n) is 1.66. The van der Waals surface area contributed by atoms with Gasteiger partial charge in [-0.2, -0.15) is 0 Å². The minimum Gasteiger partial charge on any atom is -0.508 e. The highest BCUT2D eigenvalue weighted by Gasteiger charge is 2.11. The Morgan fingerprint density at radius 2 is 1.89 bits per heavy atom. The Hall–Kier alpha value is -2.36. The van der Waals surface area contributed by atoms with Gasteiger partial charge in [0.25, 0.3) is 0 Å². The SMILES string of the molecule is Cc1ccc(-c2cc(C(=O)O)ccc2F)cc1O. The van der Waals surface area contributed by atoms with Gasteiger partial charge in [0.15, 0.2) is 0 Å². The van der Waals surface area contributed by atoms with Crippen molar-refractivity contribution < 1.29 is 19.4 Å². The molecular formula is C14H11FO3. The predicted molar refractivity (Wildman–Crippen MR) is 65.2 cm³/mol. The van der Waals surface area contributed by atoms with Gasteiger partial charge in [-0.05, 0) is 42.3 Å². The van der Waals surface area contributed by atoms with Gasteiger partial charge in [0.05, 0.1) is 5.56 Å². The summed E-state index contributed by atoms with van der Waals surface area (Å²) in [6, 6.07) is 8.27. The largest absolute Gasteiger partial charge is 0.508 e. The molecule has 0 aliphatic rings. The van der Waals surface area contributed by atoms with Crippen LogP contribution >= 0.6 is 0 Å². The second-order valence-electron chi connectivity index (χ2n) is 4.00. The third-order valence-corrected chi connectivity index (χ3v) is 2.73. The highest BCUT2D eigenvalue weighted by molar-refractivity contribution is 5.89. The highest BCUT2D eigenvalue weighted by Crippen LogP contribution is 2.28. The fraction of sp³-hybridized carbons (Fsp3) is 0.0714. The second kappa shape index (κ2) is 4.49. The Morgan fingerprint density at radius 1 is 1.17 bits per heavy atom. The summed E-state index contributed by atoms with van der Waals surface area (Å²) in [5.41, 5.74) is 1.28. The van der Waals surface area contributed by atoms with Crippen LogP contribution in [0.1, 0.15) is 15.9 Å². The number of carboxylic acid groups (broad SMARTS) is 1. The van der Waals surface area contributed by atoms with Gasteiger partial charge in [-0.15, -0.1) is 0 Å². The first-order valence-corrected chi connectivity index (χ1v) is 5.32. The molecule has 2 rings (SSSR count). The highest BCUT2D eigenvalue weighted by atomic mass is 19.1. The molecule has 4 heteroatoms. The van der Waals surface area contributed by atoms with Crippen LogP contribution in [0.5, 0.6) is 5.75 Å². The number of rotatable bonds is 2. The predicted octanol–water partition coefficient (Wildman–Crippen LogP) is 3.20. The number of benzene rings is 2. The molecule has 0 bridgehead atoms. The van der Waals surface area contributed by atoms with Gasteiger partial charge in [0.1, 0.15) is 11.6 Å². The van der Waals surface area contributed by atoms with Gasteiger partial charge in [-0.1, -0.05) is 12.1 Å². The van der Waals surface area contributed by atoms with E-state index in [0.29, 0.717) is 11.1 Å². The molecule has 2 aromatic carbocycles. The zero-order chi connectivity index (χ0) is 13.3. The third-order valence-electron chi connectivity index (χ3n) is 2.73. The lowest BCUT2D eigenvalue weighted by atomic mass is 10.0. The molecule has 2 N–H and O–H groups in total. The van der Waals surface area contributed by atoms with Gasteiger partial charge < -0.3 is 10.2 Å². The maximum Gasteiger partial charge on any atom is 0.335 e. The third kappa shape index (κ3) is 2.18. The Labute approximate surface area is 103 Å². The van der Waals surface area contributed by atoms with Crippen LogP contribution in [0.2, 0.25) is 0 Å². The molecule has 3 nitrogen and oxygen atoms in total. The van der Waals surface area contributed by atoms with Gasteiger partial charge in [-0.25, -0.2) is 9.18 Å². The lowest BCUT2D eigenvalue weighted by molar-refractivity contribution is 0.0697. The van der Waals surface area contributed by atoms with E-state index in [0.717, 1.165) is 6.07 Å². The number of aromatic carboxylic acids is 1. The number of phenols is 1. The first-order chi connectivity index (χ1) is 8.49. The summed E-state index contributed by atoms with van der Waals surface area (Å²) in [4.78, 5) is 10.8. The zero-order valence-electron chi connectivity index (χ0n) is 9.64. The molecule has 0 saturated heterocycles. The first-order valence-electron chi connectivity index (χ1n) is 5.32. The van der Waals surface area contributed by atoms with E-state index in [2.05, 4.69) is 0 Å². The molecule has 0 aliphatic carbocycles. The maximum atomic E-state index is 13.7. The number of halogens is 1. The van der Waals surface area contributed by atoms with Crippen molar-refractivity contribution in [1.29, 1.82) is 0 Å². The summed E-state index contributed by atoms with van der Waals surface area (Å²) >= 11 is 0. The van der Waals surface area contributed by atoms with E-state index in [-0.39, 0.29) is 16.9 Å². The molecule has 0 aromatic heterocycles. The minimum absolute atomic E-state index is 0.00599. The molecule has 92 valence electrons. The van der Waals surface area contributed by atoms with E-state index in [1.165, 1.54) is 18.2 Å². The molecule has 0 aliphatic heterocycles. The summed E-state index contributed by atoms with van der Waals surface area (Å²) in [6.07, 6.45) is 0. The number of carbonyl (C=O) groups is 1. The Kier molecular flexibility index (Phi) is 3.02. The van der Waals surface area contributed by atoms with Crippen molar-refractivity contribution in [3.8, 4) is 16.9 Å². The zero-order valence-corrected chi connectivity index (χ0v) is 9.64.